The lowest BCUT2D eigenvalue weighted by Crippen LogP contribution is -2.09. The fourth-order valence-corrected chi connectivity index (χ4v) is 8.27. The van der Waals surface area contributed by atoms with Crippen molar-refractivity contribution in [2.45, 2.75) is 0 Å². The largest absolute Gasteiger partial charge is 0.464 e. The lowest BCUT2D eigenvalue weighted by Gasteiger charge is -2.25. The van der Waals surface area contributed by atoms with Gasteiger partial charge in [0.1, 0.15) is 16.7 Å². The second-order valence-corrected chi connectivity index (χ2v) is 13.7. The van der Waals surface area contributed by atoms with Crippen LogP contribution in [0.5, 0.6) is 0 Å². The van der Waals surface area contributed by atoms with Gasteiger partial charge in [-0.3, -0.25) is 0 Å². The van der Waals surface area contributed by atoms with E-state index in [4.69, 9.17) is 8.83 Å². The summed E-state index contributed by atoms with van der Waals surface area (Å²) in [5, 5.41) is 10.2. The number of furan rings is 2. The first-order valence-corrected chi connectivity index (χ1v) is 18.0. The van der Waals surface area contributed by atoms with Crippen LogP contribution in [0, 0.1) is 0 Å². The van der Waals surface area contributed by atoms with Gasteiger partial charge in [0.05, 0.1) is 6.26 Å². The maximum absolute atomic E-state index is 7.00. The highest BCUT2D eigenvalue weighted by Crippen LogP contribution is 2.46. The van der Waals surface area contributed by atoms with Crippen LogP contribution in [0.15, 0.2) is 197 Å². The molecule has 0 bridgehead atoms. The molecule has 0 aliphatic carbocycles. The summed E-state index contributed by atoms with van der Waals surface area (Å²) in [5.41, 5.74) is 10.5. The normalized spacial score (nSPS) is 11.8. The van der Waals surface area contributed by atoms with E-state index in [0.717, 1.165) is 99.2 Å². The summed E-state index contributed by atoms with van der Waals surface area (Å²) in [7, 11) is 0. The van der Waals surface area contributed by atoms with Gasteiger partial charge in [0.2, 0.25) is 0 Å². The monoisotopic (exact) mass is 677 g/mol. The minimum atomic E-state index is 0.879. The van der Waals surface area contributed by atoms with Crippen LogP contribution in [-0.2, 0) is 0 Å². The van der Waals surface area contributed by atoms with E-state index in [1.54, 1.807) is 0 Å². The molecule has 248 valence electrons. The Morgan fingerprint density at radius 1 is 0.358 bits per heavy atom. The van der Waals surface area contributed by atoms with Crippen LogP contribution in [0.4, 0.5) is 17.1 Å². The second-order valence-electron chi connectivity index (χ2n) is 13.7. The molecule has 3 nitrogen and oxygen atoms in total. The summed E-state index contributed by atoms with van der Waals surface area (Å²) < 4.78 is 13.1. The van der Waals surface area contributed by atoms with Crippen LogP contribution < -0.4 is 4.90 Å². The molecule has 11 rings (SSSR count). The Labute approximate surface area is 305 Å². The molecular weight excluding hydrogens is 647 g/mol. The van der Waals surface area contributed by atoms with Crippen molar-refractivity contribution in [2.75, 3.05) is 4.90 Å². The average molecular weight is 678 g/mol. The molecule has 0 fully saturated rings. The van der Waals surface area contributed by atoms with Crippen LogP contribution in [0.25, 0.3) is 87.5 Å². The highest BCUT2D eigenvalue weighted by atomic mass is 16.3. The summed E-state index contributed by atoms with van der Waals surface area (Å²) in [5.74, 6) is 0. The van der Waals surface area contributed by atoms with Gasteiger partial charge < -0.3 is 13.7 Å². The Balaban J connectivity index is 1.19. The highest BCUT2D eigenvalue weighted by molar-refractivity contribution is 6.29. The number of para-hydroxylation sites is 3. The van der Waals surface area contributed by atoms with Crippen LogP contribution in [-0.4, -0.2) is 0 Å². The van der Waals surface area contributed by atoms with Gasteiger partial charge in [-0.15, -0.1) is 0 Å². The summed E-state index contributed by atoms with van der Waals surface area (Å²) in [6, 6.07) is 64.7. The number of nitrogens with zero attached hydrogens (tertiary/aromatic N) is 1. The summed E-state index contributed by atoms with van der Waals surface area (Å²) in [4.78, 5) is 2.30. The van der Waals surface area contributed by atoms with Crippen LogP contribution in [0.2, 0.25) is 0 Å². The Morgan fingerprint density at radius 2 is 0.981 bits per heavy atom. The molecule has 3 heteroatoms. The van der Waals surface area contributed by atoms with Gasteiger partial charge in [0.25, 0.3) is 0 Å². The summed E-state index contributed by atoms with van der Waals surface area (Å²) in [6.07, 6.45) is 1.90. The van der Waals surface area contributed by atoms with E-state index in [1.165, 1.54) is 5.39 Å². The molecule has 0 aliphatic heterocycles. The predicted molar refractivity (Wildman–Crippen MR) is 222 cm³/mol. The number of rotatable bonds is 5. The van der Waals surface area contributed by atoms with Crippen molar-refractivity contribution in [3.63, 3.8) is 0 Å². The molecule has 2 aromatic heterocycles. The van der Waals surface area contributed by atoms with E-state index in [0.29, 0.717) is 0 Å². The van der Waals surface area contributed by atoms with Crippen molar-refractivity contribution in [1.29, 1.82) is 0 Å². The van der Waals surface area contributed by atoms with Crippen molar-refractivity contribution in [3.05, 3.63) is 188 Å². The fraction of sp³-hybridized carbons (Fsp3) is 0. The molecular formula is C50H31NO2. The molecule has 0 radical (unpaired) electrons. The first kappa shape index (κ1) is 29.6. The summed E-state index contributed by atoms with van der Waals surface area (Å²) in [6.45, 7) is 0. The quantitative estimate of drug-likeness (QED) is 0.170. The first-order valence-electron chi connectivity index (χ1n) is 18.0. The van der Waals surface area contributed by atoms with E-state index in [1.807, 2.05) is 18.4 Å². The van der Waals surface area contributed by atoms with E-state index >= 15 is 0 Å². The lowest BCUT2D eigenvalue weighted by atomic mass is 9.88. The third-order valence-electron chi connectivity index (χ3n) is 10.7. The molecule has 2 heterocycles. The van der Waals surface area contributed by atoms with E-state index in [-0.39, 0.29) is 0 Å². The van der Waals surface area contributed by atoms with Crippen molar-refractivity contribution in [3.8, 4) is 22.3 Å². The Hall–Kier alpha value is -7.10. The lowest BCUT2D eigenvalue weighted by molar-refractivity contribution is 0.617. The standard InChI is InChI=1S/C50H31NO2/c1-3-13-34(14-4-1)51(35-15-5-2-6-16-35)36-25-22-33(23-26-36)44-30-45-38(46-31-52-47-21-10-9-18-39(46)47)19-11-20-40(45)48-41(44)28-29-43-42-27-24-32-12-7-8-17-37(32)49(42)53-50(43)48/h1-31H. The molecule has 0 spiro atoms. The Bertz CT molecular complexity index is 3120. The SMILES string of the molecule is c1ccc(N(c2ccccc2)c2ccc(-c3cc4c(-c5coc6ccccc56)cccc4c4c3ccc3c5ccc6ccccc6c5oc34)cc2)cc1. The van der Waals surface area contributed by atoms with Crippen molar-refractivity contribution in [1.82, 2.24) is 0 Å². The van der Waals surface area contributed by atoms with E-state index in [9.17, 15) is 0 Å². The van der Waals surface area contributed by atoms with Gasteiger partial charge in [0, 0.05) is 49.6 Å². The smallest absolute Gasteiger partial charge is 0.143 e. The predicted octanol–water partition coefficient (Wildman–Crippen LogP) is 14.6. The molecule has 0 atom stereocenters. The molecule has 53 heavy (non-hydrogen) atoms. The molecule has 0 amide bonds. The highest BCUT2D eigenvalue weighted by Gasteiger charge is 2.21. The molecule has 9 aromatic carbocycles. The topological polar surface area (TPSA) is 29.5 Å². The maximum Gasteiger partial charge on any atom is 0.143 e. The van der Waals surface area contributed by atoms with Gasteiger partial charge >= 0.3 is 0 Å². The minimum absolute atomic E-state index is 0.879. The van der Waals surface area contributed by atoms with Crippen LogP contribution in [0.1, 0.15) is 0 Å². The van der Waals surface area contributed by atoms with Crippen molar-refractivity contribution in [2.24, 2.45) is 0 Å². The van der Waals surface area contributed by atoms with Gasteiger partial charge in [-0.05, 0) is 98.9 Å². The zero-order chi connectivity index (χ0) is 34.9. The van der Waals surface area contributed by atoms with E-state index < -0.39 is 0 Å². The fourth-order valence-electron chi connectivity index (χ4n) is 8.27. The molecule has 0 aliphatic rings. The van der Waals surface area contributed by atoms with Gasteiger partial charge in [-0.1, -0.05) is 121 Å². The Kier molecular flexibility index (Phi) is 6.55. The minimum Gasteiger partial charge on any atom is -0.464 e. The first-order chi connectivity index (χ1) is 26.3. The van der Waals surface area contributed by atoms with Crippen molar-refractivity contribution >= 4 is 82.3 Å². The van der Waals surface area contributed by atoms with Crippen LogP contribution in [0.3, 0.4) is 0 Å². The zero-order valence-electron chi connectivity index (χ0n) is 28.7. The number of benzene rings is 9. The second kappa shape index (κ2) is 11.7. The van der Waals surface area contributed by atoms with Gasteiger partial charge in [-0.2, -0.15) is 0 Å². The van der Waals surface area contributed by atoms with Gasteiger partial charge in [0.15, 0.2) is 0 Å². The average Bonchev–Trinajstić information content (AvgIpc) is 3.84. The number of anilines is 3. The molecule has 0 N–H and O–H groups in total. The number of fused-ring (bicyclic) bond motifs is 10. The summed E-state index contributed by atoms with van der Waals surface area (Å²) >= 11 is 0. The molecule has 0 unspecified atom stereocenters. The van der Waals surface area contributed by atoms with E-state index in [2.05, 4.69) is 175 Å². The van der Waals surface area contributed by atoms with Gasteiger partial charge in [-0.25, -0.2) is 0 Å². The number of hydrogen-bond acceptors (Lipinski definition) is 3. The number of hydrogen-bond donors (Lipinski definition) is 0. The molecule has 0 saturated heterocycles. The third kappa shape index (κ3) is 4.61. The zero-order valence-corrected chi connectivity index (χ0v) is 28.7. The third-order valence-corrected chi connectivity index (χ3v) is 10.7. The van der Waals surface area contributed by atoms with Crippen LogP contribution >= 0.6 is 0 Å². The van der Waals surface area contributed by atoms with Crippen molar-refractivity contribution < 1.29 is 8.83 Å². The maximum atomic E-state index is 7.00. The molecule has 0 saturated carbocycles. The Morgan fingerprint density at radius 3 is 1.77 bits per heavy atom. The molecule has 11 aromatic rings.